The summed E-state index contributed by atoms with van der Waals surface area (Å²) in [5, 5.41) is 0.530. The second-order valence-electron chi connectivity index (χ2n) is 5.45. The Morgan fingerprint density at radius 2 is 2.00 bits per heavy atom. The monoisotopic (exact) mass is 289 g/mol. The Kier molecular flexibility index (Phi) is 4.80. The number of nitrogen functional groups attached to an aromatic ring is 1. The van der Waals surface area contributed by atoms with Crippen molar-refractivity contribution in [2.24, 2.45) is 0 Å². The number of hydrogen-bond acceptors (Lipinski definition) is 5. The molecule has 21 heavy (non-hydrogen) atoms. The molecule has 0 aliphatic carbocycles. The van der Waals surface area contributed by atoms with E-state index in [2.05, 4.69) is 40.8 Å². The first-order valence-corrected chi connectivity index (χ1v) is 7.19. The number of anilines is 2. The number of benzene rings is 1. The van der Waals surface area contributed by atoms with Gasteiger partial charge in [-0.15, -0.1) is 0 Å². The van der Waals surface area contributed by atoms with Gasteiger partial charge in [-0.05, 0) is 32.6 Å². The van der Waals surface area contributed by atoms with E-state index in [1.807, 2.05) is 6.07 Å². The third-order valence-electron chi connectivity index (χ3n) is 3.44. The Balaban J connectivity index is 2.42. The highest BCUT2D eigenvalue weighted by atomic mass is 16.1. The number of H-pyrrole nitrogens is 1. The van der Waals surface area contributed by atoms with Crippen molar-refractivity contribution in [2.75, 3.05) is 44.4 Å². The van der Waals surface area contributed by atoms with Crippen LogP contribution >= 0.6 is 0 Å². The van der Waals surface area contributed by atoms with Gasteiger partial charge in [0.2, 0.25) is 0 Å². The number of likely N-dealkylation sites (N-methyl/N-ethyl adjacent to an activating group) is 1. The largest absolute Gasteiger partial charge is 0.397 e. The van der Waals surface area contributed by atoms with E-state index in [0.717, 1.165) is 31.7 Å². The summed E-state index contributed by atoms with van der Waals surface area (Å²) in [7, 11) is 4.10. The van der Waals surface area contributed by atoms with Gasteiger partial charge in [0.25, 0.3) is 5.56 Å². The first kappa shape index (κ1) is 15.3. The lowest BCUT2D eigenvalue weighted by Crippen LogP contribution is -2.32. The molecule has 0 unspecified atom stereocenters. The zero-order chi connectivity index (χ0) is 15.4. The van der Waals surface area contributed by atoms with Crippen molar-refractivity contribution in [1.29, 1.82) is 0 Å². The standard InChI is InChI=1S/C15H23N5O/c1-4-5-20(7-6-19(2)3)14-9-13-11(8-12(14)16)15(21)18-10-17-13/h8-10H,4-7,16H2,1-3H3,(H,17,18,21). The highest BCUT2D eigenvalue weighted by molar-refractivity contribution is 5.88. The van der Waals surface area contributed by atoms with Gasteiger partial charge in [-0.1, -0.05) is 6.92 Å². The molecule has 2 aromatic rings. The van der Waals surface area contributed by atoms with Gasteiger partial charge in [-0.25, -0.2) is 4.98 Å². The number of hydrogen-bond donors (Lipinski definition) is 2. The van der Waals surface area contributed by atoms with E-state index >= 15 is 0 Å². The lowest BCUT2D eigenvalue weighted by Gasteiger charge is -2.27. The van der Waals surface area contributed by atoms with E-state index in [1.165, 1.54) is 6.33 Å². The summed E-state index contributed by atoms with van der Waals surface area (Å²) in [6.45, 7) is 4.90. The molecule has 1 aromatic heterocycles. The van der Waals surface area contributed by atoms with Gasteiger partial charge in [-0.2, -0.15) is 0 Å². The van der Waals surface area contributed by atoms with Crippen LogP contribution in [0.3, 0.4) is 0 Å². The molecule has 0 saturated carbocycles. The van der Waals surface area contributed by atoms with Gasteiger partial charge in [0.05, 0.1) is 28.6 Å². The quantitative estimate of drug-likeness (QED) is 0.783. The fourth-order valence-electron chi connectivity index (χ4n) is 2.34. The molecule has 0 aliphatic rings. The second-order valence-corrected chi connectivity index (χ2v) is 5.45. The van der Waals surface area contributed by atoms with Gasteiger partial charge in [0.1, 0.15) is 0 Å². The highest BCUT2D eigenvalue weighted by Crippen LogP contribution is 2.27. The van der Waals surface area contributed by atoms with Gasteiger partial charge in [0, 0.05) is 19.6 Å². The van der Waals surface area contributed by atoms with Gasteiger partial charge < -0.3 is 20.5 Å². The molecule has 2 rings (SSSR count). The molecule has 0 bridgehead atoms. The molecule has 1 heterocycles. The summed E-state index contributed by atoms with van der Waals surface area (Å²) in [4.78, 5) is 23.0. The van der Waals surface area contributed by atoms with Crippen LogP contribution in [0.1, 0.15) is 13.3 Å². The molecular formula is C15H23N5O. The molecule has 0 atom stereocenters. The van der Waals surface area contributed by atoms with Crippen molar-refractivity contribution >= 4 is 22.3 Å². The minimum absolute atomic E-state index is 0.159. The van der Waals surface area contributed by atoms with Crippen molar-refractivity contribution in [3.63, 3.8) is 0 Å². The van der Waals surface area contributed by atoms with Gasteiger partial charge >= 0.3 is 0 Å². The summed E-state index contributed by atoms with van der Waals surface area (Å²) < 4.78 is 0. The number of nitrogens with zero attached hydrogens (tertiary/aromatic N) is 3. The van der Waals surface area contributed by atoms with Crippen LogP contribution in [0.15, 0.2) is 23.3 Å². The minimum Gasteiger partial charge on any atom is -0.397 e. The summed E-state index contributed by atoms with van der Waals surface area (Å²) in [6.07, 6.45) is 2.46. The fraction of sp³-hybridized carbons (Fsp3) is 0.467. The molecule has 1 aromatic carbocycles. The summed E-state index contributed by atoms with van der Waals surface area (Å²) in [5.41, 5.74) is 8.24. The lowest BCUT2D eigenvalue weighted by molar-refractivity contribution is 0.413. The Morgan fingerprint density at radius 3 is 2.67 bits per heavy atom. The molecule has 0 radical (unpaired) electrons. The number of rotatable bonds is 6. The summed E-state index contributed by atoms with van der Waals surface area (Å²) in [5.74, 6) is 0. The van der Waals surface area contributed by atoms with Crippen molar-refractivity contribution in [3.05, 3.63) is 28.8 Å². The fourth-order valence-corrected chi connectivity index (χ4v) is 2.34. The molecule has 0 fully saturated rings. The average molecular weight is 289 g/mol. The zero-order valence-corrected chi connectivity index (χ0v) is 12.9. The van der Waals surface area contributed by atoms with Crippen LogP contribution in [0, 0.1) is 0 Å². The number of aromatic nitrogens is 2. The van der Waals surface area contributed by atoms with Crippen LogP contribution in [0.25, 0.3) is 10.9 Å². The van der Waals surface area contributed by atoms with Crippen molar-refractivity contribution in [1.82, 2.24) is 14.9 Å². The molecule has 0 saturated heterocycles. The molecule has 0 amide bonds. The molecular weight excluding hydrogens is 266 g/mol. The van der Waals surface area contributed by atoms with E-state index in [1.54, 1.807) is 6.07 Å². The lowest BCUT2D eigenvalue weighted by atomic mass is 10.1. The molecule has 6 nitrogen and oxygen atoms in total. The SMILES string of the molecule is CCCN(CCN(C)C)c1cc2nc[nH]c(=O)c2cc1N. The highest BCUT2D eigenvalue weighted by Gasteiger charge is 2.12. The van der Waals surface area contributed by atoms with Crippen LogP contribution in [0.2, 0.25) is 0 Å². The number of nitrogens with two attached hydrogens (primary N) is 1. The molecule has 6 heteroatoms. The normalized spacial score (nSPS) is 11.2. The maximum absolute atomic E-state index is 11.8. The first-order valence-electron chi connectivity index (χ1n) is 7.19. The number of fused-ring (bicyclic) bond motifs is 1. The predicted molar refractivity (Wildman–Crippen MR) is 87.8 cm³/mol. The van der Waals surface area contributed by atoms with E-state index in [0.29, 0.717) is 16.6 Å². The maximum Gasteiger partial charge on any atom is 0.258 e. The van der Waals surface area contributed by atoms with Crippen LogP contribution < -0.4 is 16.2 Å². The van der Waals surface area contributed by atoms with Gasteiger partial charge in [-0.3, -0.25) is 4.79 Å². The Bertz CT molecular complexity index is 665. The third-order valence-corrected chi connectivity index (χ3v) is 3.44. The van der Waals surface area contributed by atoms with E-state index in [-0.39, 0.29) is 5.56 Å². The van der Waals surface area contributed by atoms with Crippen molar-refractivity contribution < 1.29 is 0 Å². The van der Waals surface area contributed by atoms with Crippen LogP contribution in [-0.4, -0.2) is 48.6 Å². The van der Waals surface area contributed by atoms with Gasteiger partial charge in [0.15, 0.2) is 0 Å². The zero-order valence-electron chi connectivity index (χ0n) is 12.9. The van der Waals surface area contributed by atoms with E-state index in [9.17, 15) is 4.79 Å². The molecule has 0 spiro atoms. The Morgan fingerprint density at radius 1 is 1.24 bits per heavy atom. The van der Waals surface area contributed by atoms with Crippen LogP contribution in [0.5, 0.6) is 0 Å². The summed E-state index contributed by atoms with van der Waals surface area (Å²) in [6, 6.07) is 3.63. The van der Waals surface area contributed by atoms with Crippen molar-refractivity contribution in [3.8, 4) is 0 Å². The maximum atomic E-state index is 11.8. The Hall–Kier alpha value is -2.08. The van der Waals surface area contributed by atoms with Crippen molar-refractivity contribution in [2.45, 2.75) is 13.3 Å². The van der Waals surface area contributed by atoms with Crippen LogP contribution in [-0.2, 0) is 0 Å². The average Bonchev–Trinajstić information content (AvgIpc) is 2.44. The molecule has 3 N–H and O–H groups in total. The number of nitrogens with one attached hydrogen (secondary N) is 1. The Labute approximate surface area is 124 Å². The van der Waals surface area contributed by atoms with E-state index in [4.69, 9.17) is 5.73 Å². The number of aromatic amines is 1. The smallest absolute Gasteiger partial charge is 0.258 e. The van der Waals surface area contributed by atoms with E-state index < -0.39 is 0 Å². The molecule has 114 valence electrons. The minimum atomic E-state index is -0.159. The summed E-state index contributed by atoms with van der Waals surface area (Å²) >= 11 is 0. The first-order chi connectivity index (χ1) is 10.0. The second kappa shape index (κ2) is 6.58. The predicted octanol–water partition coefficient (Wildman–Crippen LogP) is 1.28. The van der Waals surface area contributed by atoms with Crippen LogP contribution in [0.4, 0.5) is 11.4 Å². The molecule has 0 aliphatic heterocycles. The third kappa shape index (κ3) is 3.52. The topological polar surface area (TPSA) is 78.2 Å².